The Morgan fingerprint density at radius 2 is 1.96 bits per heavy atom. The highest BCUT2D eigenvalue weighted by molar-refractivity contribution is 7.14. The largest absolute Gasteiger partial charge is 0.497 e. The van der Waals surface area contributed by atoms with E-state index in [0.29, 0.717) is 0 Å². The zero-order valence-corrected chi connectivity index (χ0v) is 17.1. The first kappa shape index (κ1) is 18.4. The average Bonchev–Trinajstić information content (AvgIpc) is 2.95. The van der Waals surface area contributed by atoms with E-state index in [1.807, 2.05) is 17.0 Å². The van der Waals surface area contributed by atoms with Crippen LogP contribution in [-0.4, -0.2) is 44.1 Å². The predicted octanol–water partition coefficient (Wildman–Crippen LogP) is 4.23. The van der Waals surface area contributed by atoms with Gasteiger partial charge in [0, 0.05) is 36.7 Å². The quantitative estimate of drug-likeness (QED) is 0.794. The molecule has 2 heterocycles. The molecule has 0 spiro atoms. The van der Waals surface area contributed by atoms with Crippen molar-refractivity contribution in [1.29, 1.82) is 0 Å². The Hall–Kier alpha value is -2.01. The van der Waals surface area contributed by atoms with Gasteiger partial charge < -0.3 is 14.5 Å². The van der Waals surface area contributed by atoms with Crippen LogP contribution in [0.1, 0.15) is 39.9 Å². The zero-order chi connectivity index (χ0) is 18.8. The summed E-state index contributed by atoms with van der Waals surface area (Å²) in [5, 5.41) is 0. The van der Waals surface area contributed by atoms with Crippen molar-refractivity contribution in [3.8, 4) is 5.75 Å². The average molecular weight is 385 g/mol. The van der Waals surface area contributed by atoms with E-state index in [4.69, 9.17) is 4.74 Å². The number of ether oxygens (including phenoxy) is 1. The first-order valence-corrected chi connectivity index (χ1v) is 10.8. The monoisotopic (exact) mass is 384 g/mol. The molecule has 2 aliphatic rings. The Bertz CT molecular complexity index is 799. The summed E-state index contributed by atoms with van der Waals surface area (Å²) in [6.07, 6.45) is 4.52. The number of rotatable bonds is 3. The van der Waals surface area contributed by atoms with Crippen LogP contribution in [0.15, 0.2) is 30.3 Å². The van der Waals surface area contributed by atoms with Gasteiger partial charge in [0.25, 0.3) is 5.91 Å². The van der Waals surface area contributed by atoms with Gasteiger partial charge >= 0.3 is 0 Å². The summed E-state index contributed by atoms with van der Waals surface area (Å²) in [6.45, 7) is 5.79. The molecular weight excluding hydrogens is 356 g/mol. The third-order valence-corrected chi connectivity index (χ3v) is 6.99. The topological polar surface area (TPSA) is 32.8 Å². The van der Waals surface area contributed by atoms with Crippen molar-refractivity contribution in [3.05, 3.63) is 45.6 Å². The summed E-state index contributed by atoms with van der Waals surface area (Å²) in [7, 11) is 1.69. The highest BCUT2D eigenvalue weighted by Crippen LogP contribution is 2.33. The third kappa shape index (κ3) is 3.98. The van der Waals surface area contributed by atoms with Crippen molar-refractivity contribution in [2.24, 2.45) is 5.92 Å². The van der Waals surface area contributed by atoms with E-state index >= 15 is 0 Å². The van der Waals surface area contributed by atoms with Crippen LogP contribution >= 0.6 is 11.3 Å². The molecule has 1 aliphatic carbocycles. The molecule has 1 aromatic carbocycles. The van der Waals surface area contributed by atoms with Crippen molar-refractivity contribution in [1.82, 2.24) is 4.90 Å². The van der Waals surface area contributed by atoms with E-state index in [1.54, 1.807) is 18.4 Å². The van der Waals surface area contributed by atoms with Crippen molar-refractivity contribution < 1.29 is 9.53 Å². The van der Waals surface area contributed by atoms with Crippen molar-refractivity contribution in [2.45, 2.75) is 32.6 Å². The summed E-state index contributed by atoms with van der Waals surface area (Å²) in [4.78, 5) is 19.9. The number of carbonyl (C=O) groups is 1. The van der Waals surface area contributed by atoms with E-state index in [2.05, 4.69) is 30.0 Å². The highest BCUT2D eigenvalue weighted by Gasteiger charge is 2.25. The number of carbonyl (C=O) groups excluding carboxylic acids is 1. The van der Waals surface area contributed by atoms with Gasteiger partial charge in [0.1, 0.15) is 5.75 Å². The summed E-state index contributed by atoms with van der Waals surface area (Å²) >= 11 is 1.73. The lowest BCUT2D eigenvalue weighted by Crippen LogP contribution is -2.34. The van der Waals surface area contributed by atoms with Gasteiger partial charge in [-0.25, -0.2) is 0 Å². The molecule has 0 N–H and O–H groups in total. The number of amides is 1. The molecule has 0 saturated carbocycles. The predicted molar refractivity (Wildman–Crippen MR) is 111 cm³/mol. The molecular formula is C22H28N2O2S. The van der Waals surface area contributed by atoms with Crippen LogP contribution in [0.3, 0.4) is 0 Å². The molecule has 27 heavy (non-hydrogen) atoms. The number of hydrogen-bond acceptors (Lipinski definition) is 4. The summed E-state index contributed by atoms with van der Waals surface area (Å²) in [5.41, 5.74) is 2.61. The molecule has 1 fully saturated rings. The number of methoxy groups -OCH3 is 1. The van der Waals surface area contributed by atoms with Crippen LogP contribution in [0.5, 0.6) is 5.75 Å². The lowest BCUT2D eigenvalue weighted by molar-refractivity contribution is 0.0772. The van der Waals surface area contributed by atoms with Crippen LogP contribution in [0.25, 0.3) is 0 Å². The van der Waals surface area contributed by atoms with E-state index < -0.39 is 0 Å². The molecule has 0 bridgehead atoms. The lowest BCUT2D eigenvalue weighted by Gasteiger charge is -2.23. The van der Waals surface area contributed by atoms with E-state index in [9.17, 15) is 4.79 Å². The number of anilines is 1. The van der Waals surface area contributed by atoms with Crippen LogP contribution in [-0.2, 0) is 12.8 Å². The fourth-order valence-electron chi connectivity index (χ4n) is 4.14. The number of fused-ring (bicyclic) bond motifs is 1. The molecule has 2 aromatic rings. The SMILES string of the molecule is COc1ccc(N2CCCN(C(=O)c3cc4c(s3)CCC(C)C4)CC2)cc1. The smallest absolute Gasteiger partial charge is 0.263 e. The van der Waals surface area contributed by atoms with Gasteiger partial charge in [-0.05, 0) is 67.5 Å². The van der Waals surface area contributed by atoms with E-state index in [1.165, 1.54) is 22.5 Å². The maximum Gasteiger partial charge on any atom is 0.263 e. The first-order valence-electron chi connectivity index (χ1n) is 9.94. The molecule has 0 radical (unpaired) electrons. The number of thiophene rings is 1. The molecule has 1 saturated heterocycles. The first-order chi connectivity index (χ1) is 13.1. The number of nitrogens with zero attached hydrogens (tertiary/aromatic N) is 2. The number of hydrogen-bond donors (Lipinski definition) is 0. The molecule has 1 unspecified atom stereocenters. The molecule has 1 atom stereocenters. The van der Waals surface area contributed by atoms with Gasteiger partial charge in [-0.2, -0.15) is 0 Å². The Morgan fingerprint density at radius 3 is 2.74 bits per heavy atom. The normalized spacial score (nSPS) is 20.1. The Kier molecular flexibility index (Phi) is 5.39. The number of aryl methyl sites for hydroxylation is 1. The second kappa shape index (κ2) is 7.93. The fourth-order valence-corrected chi connectivity index (χ4v) is 5.32. The minimum Gasteiger partial charge on any atom is -0.497 e. The maximum atomic E-state index is 13.1. The van der Waals surface area contributed by atoms with E-state index in [-0.39, 0.29) is 5.91 Å². The molecule has 4 nitrogen and oxygen atoms in total. The Morgan fingerprint density at radius 1 is 1.15 bits per heavy atom. The van der Waals surface area contributed by atoms with Gasteiger partial charge in [-0.3, -0.25) is 4.79 Å². The van der Waals surface area contributed by atoms with Crippen LogP contribution in [0, 0.1) is 5.92 Å². The molecule has 1 aromatic heterocycles. The Balaban J connectivity index is 1.42. The van der Waals surface area contributed by atoms with Crippen molar-refractivity contribution >= 4 is 22.9 Å². The maximum absolute atomic E-state index is 13.1. The van der Waals surface area contributed by atoms with Gasteiger partial charge in [-0.1, -0.05) is 6.92 Å². The standard InChI is InChI=1S/C22H28N2O2S/c1-16-4-9-20-17(14-16)15-21(27-20)22(25)24-11-3-10-23(12-13-24)18-5-7-19(26-2)8-6-18/h5-8,15-16H,3-4,9-14H2,1-2H3. The van der Waals surface area contributed by atoms with Gasteiger partial charge in [0.05, 0.1) is 12.0 Å². The minimum atomic E-state index is 0.221. The molecule has 4 rings (SSSR count). The second-order valence-electron chi connectivity index (χ2n) is 7.74. The second-order valence-corrected chi connectivity index (χ2v) is 8.87. The van der Waals surface area contributed by atoms with Gasteiger partial charge in [0.2, 0.25) is 0 Å². The zero-order valence-electron chi connectivity index (χ0n) is 16.2. The van der Waals surface area contributed by atoms with Crippen LogP contribution < -0.4 is 9.64 Å². The summed E-state index contributed by atoms with van der Waals surface area (Å²) in [5.74, 6) is 1.84. The van der Waals surface area contributed by atoms with Crippen molar-refractivity contribution in [2.75, 3.05) is 38.2 Å². The fraction of sp³-hybridized carbons (Fsp3) is 0.500. The summed E-state index contributed by atoms with van der Waals surface area (Å²) in [6, 6.07) is 10.4. The number of benzene rings is 1. The highest BCUT2D eigenvalue weighted by atomic mass is 32.1. The Labute approximate surface area is 165 Å². The van der Waals surface area contributed by atoms with Crippen LogP contribution in [0.2, 0.25) is 0 Å². The summed E-state index contributed by atoms with van der Waals surface area (Å²) < 4.78 is 5.25. The lowest BCUT2D eigenvalue weighted by atomic mass is 9.90. The minimum absolute atomic E-state index is 0.221. The third-order valence-electron chi connectivity index (χ3n) is 5.76. The van der Waals surface area contributed by atoms with Crippen molar-refractivity contribution in [3.63, 3.8) is 0 Å². The molecule has 5 heteroatoms. The van der Waals surface area contributed by atoms with Crippen LogP contribution in [0.4, 0.5) is 5.69 Å². The van der Waals surface area contributed by atoms with Gasteiger partial charge in [-0.15, -0.1) is 11.3 Å². The molecule has 1 amide bonds. The molecule has 1 aliphatic heterocycles. The molecule has 144 valence electrons. The van der Waals surface area contributed by atoms with E-state index in [0.717, 1.165) is 62.0 Å². The van der Waals surface area contributed by atoms with Gasteiger partial charge in [0.15, 0.2) is 0 Å².